The molecule has 1 rings (SSSR count). The molecule has 7 atom stereocenters. The second-order valence-electron chi connectivity index (χ2n) is 21.4. The lowest BCUT2D eigenvalue weighted by atomic mass is 9.99. The number of esters is 1. The van der Waals surface area contributed by atoms with E-state index in [4.69, 9.17) is 14.2 Å². The number of rotatable bonds is 53. The molecule has 424 valence electrons. The van der Waals surface area contributed by atoms with Crippen LogP contribution in [0.3, 0.4) is 0 Å². The number of hydrogen-bond acceptors (Lipinski definition) is 10. The molecular formula is C61H115NO10. The number of carbonyl (C=O) groups is 2. The van der Waals surface area contributed by atoms with Gasteiger partial charge in [0.1, 0.15) is 24.4 Å². The van der Waals surface area contributed by atoms with Gasteiger partial charge in [-0.1, -0.05) is 244 Å². The molecule has 0 bridgehead atoms. The third kappa shape index (κ3) is 40.5. The normalized spacial score (nSPS) is 19.1. The molecule has 1 aliphatic heterocycles. The molecule has 7 unspecified atom stereocenters. The molecule has 1 saturated heterocycles. The Kier molecular flexibility index (Phi) is 48.5. The van der Waals surface area contributed by atoms with Crippen LogP contribution in [0.5, 0.6) is 0 Å². The van der Waals surface area contributed by atoms with Gasteiger partial charge in [-0.15, -0.1) is 0 Å². The first-order chi connectivity index (χ1) is 35.2. The number of aliphatic hydroxyl groups excluding tert-OH is 5. The molecule has 1 heterocycles. The summed E-state index contributed by atoms with van der Waals surface area (Å²) >= 11 is 0. The quantitative estimate of drug-likeness (QED) is 0.0195. The molecule has 1 amide bonds. The van der Waals surface area contributed by atoms with Crippen LogP contribution in [0.2, 0.25) is 0 Å². The largest absolute Gasteiger partial charge is 0.466 e. The zero-order valence-electron chi connectivity index (χ0n) is 46.7. The van der Waals surface area contributed by atoms with E-state index >= 15 is 0 Å². The topological polar surface area (TPSA) is 175 Å². The van der Waals surface area contributed by atoms with Crippen LogP contribution >= 0.6 is 0 Å². The van der Waals surface area contributed by atoms with Crippen LogP contribution < -0.4 is 5.32 Å². The molecule has 0 saturated carbocycles. The van der Waals surface area contributed by atoms with E-state index < -0.39 is 49.5 Å². The van der Waals surface area contributed by atoms with Gasteiger partial charge in [0.15, 0.2) is 6.29 Å². The van der Waals surface area contributed by atoms with Crippen molar-refractivity contribution in [1.29, 1.82) is 0 Å². The van der Waals surface area contributed by atoms with Gasteiger partial charge in [-0.2, -0.15) is 0 Å². The van der Waals surface area contributed by atoms with E-state index in [1.807, 2.05) is 6.08 Å². The average Bonchev–Trinajstić information content (AvgIpc) is 3.38. The number of nitrogens with one attached hydrogen (secondary N) is 1. The molecule has 1 fully saturated rings. The Bertz CT molecular complexity index is 1250. The Morgan fingerprint density at radius 2 is 0.889 bits per heavy atom. The van der Waals surface area contributed by atoms with Gasteiger partial charge in [0, 0.05) is 12.8 Å². The molecule has 0 aromatic carbocycles. The molecule has 0 aromatic rings. The van der Waals surface area contributed by atoms with E-state index in [9.17, 15) is 35.1 Å². The van der Waals surface area contributed by atoms with E-state index in [0.29, 0.717) is 19.4 Å². The summed E-state index contributed by atoms with van der Waals surface area (Å²) in [5.41, 5.74) is 0. The summed E-state index contributed by atoms with van der Waals surface area (Å²) < 4.78 is 16.7. The van der Waals surface area contributed by atoms with E-state index in [-0.39, 0.29) is 18.5 Å². The van der Waals surface area contributed by atoms with Crippen molar-refractivity contribution in [3.63, 3.8) is 0 Å². The molecule has 0 aliphatic carbocycles. The maximum atomic E-state index is 13.0. The highest BCUT2D eigenvalue weighted by Crippen LogP contribution is 2.23. The van der Waals surface area contributed by atoms with Crippen molar-refractivity contribution in [1.82, 2.24) is 5.32 Å². The van der Waals surface area contributed by atoms with Crippen LogP contribution in [-0.2, 0) is 23.8 Å². The van der Waals surface area contributed by atoms with Crippen LogP contribution in [0.25, 0.3) is 0 Å². The minimum absolute atomic E-state index is 0.0117. The fraction of sp³-hybridized carbons (Fsp3) is 0.902. The van der Waals surface area contributed by atoms with Gasteiger partial charge >= 0.3 is 5.97 Å². The number of aliphatic hydroxyl groups is 5. The summed E-state index contributed by atoms with van der Waals surface area (Å²) in [4.78, 5) is 25.1. The first-order valence-corrected chi connectivity index (χ1v) is 30.6. The van der Waals surface area contributed by atoms with Crippen molar-refractivity contribution in [2.45, 2.75) is 333 Å². The Balaban J connectivity index is 2.00. The van der Waals surface area contributed by atoms with Crippen molar-refractivity contribution >= 4 is 11.9 Å². The summed E-state index contributed by atoms with van der Waals surface area (Å²) in [6.07, 6.45) is 51.4. The van der Waals surface area contributed by atoms with E-state index in [1.165, 1.54) is 199 Å². The standard InChI is InChI=1S/C61H115NO10/c1-3-5-7-9-11-13-14-15-16-19-23-26-29-33-37-41-45-49-57(66)70-50-46-42-38-34-30-27-24-21-18-17-20-22-25-28-32-36-40-44-48-56(65)62-53(54(64)47-43-39-35-31-12-10-8-6-4-2)52-71-61-60(69)59(68)58(67)55(51-63)72-61/h15-16,43,47,53-55,58-61,63-64,67-69H,3-14,17-42,44-46,48-52H2,1-2H3,(H,62,65)/b16-15-,47-43+. The van der Waals surface area contributed by atoms with Crippen LogP contribution in [0.1, 0.15) is 290 Å². The Labute approximate surface area is 441 Å². The van der Waals surface area contributed by atoms with Crippen molar-refractivity contribution in [2.24, 2.45) is 0 Å². The van der Waals surface area contributed by atoms with Gasteiger partial charge in [-0.3, -0.25) is 9.59 Å². The van der Waals surface area contributed by atoms with Gasteiger partial charge in [-0.25, -0.2) is 0 Å². The van der Waals surface area contributed by atoms with Crippen molar-refractivity contribution in [3.8, 4) is 0 Å². The second-order valence-corrected chi connectivity index (χ2v) is 21.4. The van der Waals surface area contributed by atoms with E-state index in [2.05, 4.69) is 31.3 Å². The number of amides is 1. The van der Waals surface area contributed by atoms with Crippen LogP contribution in [-0.4, -0.2) is 100 Å². The van der Waals surface area contributed by atoms with Crippen LogP contribution in [0.15, 0.2) is 24.3 Å². The molecule has 6 N–H and O–H groups in total. The lowest BCUT2D eigenvalue weighted by Crippen LogP contribution is -2.60. The second kappa shape index (κ2) is 51.3. The maximum Gasteiger partial charge on any atom is 0.305 e. The van der Waals surface area contributed by atoms with Crippen LogP contribution in [0.4, 0.5) is 0 Å². The molecular weight excluding hydrogens is 907 g/mol. The lowest BCUT2D eigenvalue weighted by molar-refractivity contribution is -0.302. The summed E-state index contributed by atoms with van der Waals surface area (Å²) in [5, 5.41) is 54.2. The van der Waals surface area contributed by atoms with E-state index in [0.717, 1.165) is 64.2 Å². The molecule has 0 aromatic heterocycles. The predicted molar refractivity (Wildman–Crippen MR) is 297 cm³/mol. The van der Waals surface area contributed by atoms with Crippen LogP contribution in [0, 0.1) is 0 Å². The molecule has 72 heavy (non-hydrogen) atoms. The zero-order valence-corrected chi connectivity index (χ0v) is 46.7. The fourth-order valence-electron chi connectivity index (χ4n) is 9.67. The smallest absolute Gasteiger partial charge is 0.305 e. The highest BCUT2D eigenvalue weighted by Gasteiger charge is 2.44. The number of ether oxygens (including phenoxy) is 3. The minimum atomic E-state index is -1.57. The lowest BCUT2D eigenvalue weighted by Gasteiger charge is -2.40. The Morgan fingerprint density at radius 3 is 1.33 bits per heavy atom. The SMILES string of the molecule is CCCCCCCC/C=C\CCCCCCCCCC(=O)OCCCCCCCCCCCCCCCCCCCCC(=O)NC(COC1OC(CO)C(O)C(O)C1O)C(O)/C=C/CCCCCCCCC. The highest BCUT2D eigenvalue weighted by atomic mass is 16.7. The third-order valence-electron chi connectivity index (χ3n) is 14.6. The van der Waals surface area contributed by atoms with Crippen molar-refractivity contribution in [2.75, 3.05) is 19.8 Å². The summed E-state index contributed by atoms with van der Waals surface area (Å²) in [7, 11) is 0. The molecule has 11 nitrogen and oxygen atoms in total. The van der Waals surface area contributed by atoms with Crippen molar-refractivity contribution in [3.05, 3.63) is 24.3 Å². The number of unbranched alkanes of at least 4 members (excludes halogenated alkanes) is 37. The maximum absolute atomic E-state index is 13.0. The zero-order chi connectivity index (χ0) is 52.4. The predicted octanol–water partition coefficient (Wildman–Crippen LogP) is 14.1. The number of allylic oxidation sites excluding steroid dienone is 3. The van der Waals surface area contributed by atoms with Gasteiger partial charge in [0.25, 0.3) is 0 Å². The summed E-state index contributed by atoms with van der Waals surface area (Å²) in [6.45, 7) is 4.30. The first-order valence-electron chi connectivity index (χ1n) is 30.6. The minimum Gasteiger partial charge on any atom is -0.466 e. The molecule has 0 radical (unpaired) electrons. The number of carbonyl (C=O) groups excluding carboxylic acids is 2. The van der Waals surface area contributed by atoms with Gasteiger partial charge < -0.3 is 45.1 Å². The van der Waals surface area contributed by atoms with Gasteiger partial charge in [0.05, 0.1) is 32.0 Å². The summed E-state index contributed by atoms with van der Waals surface area (Å²) in [6, 6.07) is -0.811. The van der Waals surface area contributed by atoms with Gasteiger partial charge in [-0.05, 0) is 57.8 Å². The van der Waals surface area contributed by atoms with E-state index in [1.54, 1.807) is 6.08 Å². The third-order valence-corrected chi connectivity index (χ3v) is 14.6. The first kappa shape index (κ1) is 68.2. The van der Waals surface area contributed by atoms with Crippen molar-refractivity contribution < 1.29 is 49.3 Å². The average molecular weight is 1020 g/mol. The highest BCUT2D eigenvalue weighted by molar-refractivity contribution is 5.76. The fourth-order valence-corrected chi connectivity index (χ4v) is 9.67. The van der Waals surface area contributed by atoms with Gasteiger partial charge in [0.2, 0.25) is 5.91 Å². The summed E-state index contributed by atoms with van der Waals surface area (Å²) in [5.74, 6) is -0.199. The Hall–Kier alpha value is -1.86. The molecule has 0 spiro atoms. The number of hydrogen-bond donors (Lipinski definition) is 6. The Morgan fingerprint density at radius 1 is 0.500 bits per heavy atom. The molecule has 11 heteroatoms. The monoisotopic (exact) mass is 1020 g/mol. The molecule has 1 aliphatic rings.